The smallest absolute Gasteiger partial charge is 0.0725 e. The van der Waals surface area contributed by atoms with Crippen LogP contribution in [0.2, 0.25) is 0 Å². The Morgan fingerprint density at radius 1 is 0.304 bits per heavy atom. The fourth-order valence-electron chi connectivity index (χ4n) is 10.6. The van der Waals surface area contributed by atoms with Crippen LogP contribution in [-0.4, -0.2) is 0 Å². The summed E-state index contributed by atoms with van der Waals surface area (Å²) in [5.41, 5.74) is 18.1. The molecule has 10 aromatic carbocycles. The maximum atomic E-state index is 2.52. The van der Waals surface area contributed by atoms with E-state index in [4.69, 9.17) is 0 Å². The summed E-state index contributed by atoms with van der Waals surface area (Å²) in [4.78, 5) is 2.65. The zero-order valence-electron chi connectivity index (χ0n) is 30.4. The minimum absolute atomic E-state index is 0.405. The van der Waals surface area contributed by atoms with Crippen LogP contribution in [-0.2, 0) is 5.41 Å². The van der Waals surface area contributed by atoms with Gasteiger partial charge >= 0.3 is 0 Å². The lowest BCUT2D eigenvalue weighted by Gasteiger charge is -2.31. The summed E-state index contributed by atoms with van der Waals surface area (Å²) in [7, 11) is 0. The largest absolute Gasteiger partial charge is 0.0888 e. The standard InChI is InChI=1S/C55H32S/c1-2-14-39-33(11-1)25-30-49-54(39)46-18-6-8-21-48(46)55(49)47-20-7-5-17-42(47)43-26-23-35(31-50(43)55)37-28-29-38(41-16-4-3-15-40(37)41)36-24-27-44-45-19-9-12-34-13-10-22-51(53(34)45)56-52(44)32-36/h1-32H. The van der Waals surface area contributed by atoms with E-state index >= 15 is 0 Å². The summed E-state index contributed by atoms with van der Waals surface area (Å²) < 4.78 is 0. The number of fused-ring (bicyclic) bond motifs is 15. The van der Waals surface area contributed by atoms with Crippen molar-refractivity contribution in [2.24, 2.45) is 0 Å². The molecule has 1 spiro atoms. The first-order valence-corrected chi connectivity index (χ1v) is 20.3. The molecular weight excluding hydrogens is 693 g/mol. The Bertz CT molecular complexity index is 3340. The molecule has 1 heterocycles. The Kier molecular flexibility index (Phi) is 6.13. The molecule has 2 aliphatic carbocycles. The molecule has 0 bridgehead atoms. The predicted molar refractivity (Wildman–Crippen MR) is 236 cm³/mol. The summed E-state index contributed by atoms with van der Waals surface area (Å²) >= 11 is 1.90. The molecule has 0 saturated heterocycles. The highest BCUT2D eigenvalue weighted by atomic mass is 32.2. The third-order valence-corrected chi connectivity index (χ3v) is 14.0. The van der Waals surface area contributed by atoms with Gasteiger partial charge in [-0.25, -0.2) is 0 Å². The molecule has 1 atom stereocenters. The molecule has 0 N–H and O–H groups in total. The second-order valence-electron chi connectivity index (χ2n) is 15.5. The van der Waals surface area contributed by atoms with E-state index < -0.39 is 5.41 Å². The molecule has 0 radical (unpaired) electrons. The summed E-state index contributed by atoms with van der Waals surface area (Å²) in [5.74, 6) is 0. The zero-order valence-corrected chi connectivity index (χ0v) is 31.2. The van der Waals surface area contributed by atoms with E-state index in [1.807, 2.05) is 11.8 Å². The molecule has 0 aromatic heterocycles. The van der Waals surface area contributed by atoms with Crippen molar-refractivity contribution in [3.05, 3.63) is 216 Å². The van der Waals surface area contributed by atoms with Gasteiger partial charge in [-0.05, 0) is 123 Å². The van der Waals surface area contributed by atoms with Crippen LogP contribution in [0.1, 0.15) is 22.3 Å². The highest BCUT2D eigenvalue weighted by molar-refractivity contribution is 7.99. The van der Waals surface area contributed by atoms with Gasteiger partial charge in [-0.2, -0.15) is 0 Å². The van der Waals surface area contributed by atoms with Crippen LogP contribution in [0.3, 0.4) is 0 Å². The SMILES string of the molecule is c1ccc2c(c1)-c1ccc(-c3ccc(-c4ccc5c(c4)Sc4cccc6cccc-5c46)c4ccccc34)cc1C21c2ccccc2-c2c1ccc1ccccc21. The van der Waals surface area contributed by atoms with Crippen LogP contribution in [0.4, 0.5) is 0 Å². The van der Waals surface area contributed by atoms with Gasteiger partial charge in [0.05, 0.1) is 5.41 Å². The normalized spacial score (nSPS) is 15.5. The van der Waals surface area contributed by atoms with Crippen LogP contribution in [0.5, 0.6) is 0 Å². The van der Waals surface area contributed by atoms with E-state index in [9.17, 15) is 0 Å². The van der Waals surface area contributed by atoms with Crippen molar-refractivity contribution in [2.45, 2.75) is 15.2 Å². The topological polar surface area (TPSA) is 0 Å². The molecule has 3 aliphatic rings. The molecule has 10 aromatic rings. The molecule has 56 heavy (non-hydrogen) atoms. The number of benzene rings is 10. The van der Waals surface area contributed by atoms with Crippen molar-refractivity contribution >= 4 is 44.1 Å². The minimum Gasteiger partial charge on any atom is -0.0888 e. The van der Waals surface area contributed by atoms with Crippen molar-refractivity contribution in [2.75, 3.05) is 0 Å². The fraction of sp³-hybridized carbons (Fsp3) is 0.0182. The first kappa shape index (κ1) is 30.6. The van der Waals surface area contributed by atoms with Crippen molar-refractivity contribution < 1.29 is 0 Å². The molecule has 258 valence electrons. The van der Waals surface area contributed by atoms with Gasteiger partial charge in [0.25, 0.3) is 0 Å². The summed E-state index contributed by atoms with van der Waals surface area (Å²) in [5, 5.41) is 7.82. The van der Waals surface area contributed by atoms with Crippen LogP contribution in [0, 0.1) is 0 Å². The average Bonchev–Trinajstić information content (AvgIpc) is 3.73. The van der Waals surface area contributed by atoms with Gasteiger partial charge in [-0.1, -0.05) is 188 Å². The maximum Gasteiger partial charge on any atom is 0.0725 e. The first-order valence-electron chi connectivity index (χ1n) is 19.5. The Balaban J connectivity index is 1.01. The third kappa shape index (κ3) is 3.90. The molecule has 1 aliphatic heterocycles. The van der Waals surface area contributed by atoms with Gasteiger partial charge in [0.1, 0.15) is 0 Å². The maximum absolute atomic E-state index is 2.52. The van der Waals surface area contributed by atoms with Crippen molar-refractivity contribution in [1.29, 1.82) is 0 Å². The van der Waals surface area contributed by atoms with E-state index in [1.165, 1.54) is 120 Å². The second-order valence-corrected chi connectivity index (χ2v) is 16.6. The van der Waals surface area contributed by atoms with Gasteiger partial charge in [0, 0.05) is 15.2 Å². The van der Waals surface area contributed by atoms with E-state index in [0.29, 0.717) is 0 Å². The van der Waals surface area contributed by atoms with Crippen molar-refractivity contribution in [3.63, 3.8) is 0 Å². The van der Waals surface area contributed by atoms with E-state index in [-0.39, 0.29) is 0 Å². The number of rotatable bonds is 2. The van der Waals surface area contributed by atoms with E-state index in [2.05, 4.69) is 194 Å². The lowest BCUT2D eigenvalue weighted by molar-refractivity contribution is 0.795. The summed E-state index contributed by atoms with van der Waals surface area (Å²) in [6.45, 7) is 0. The fourth-order valence-corrected chi connectivity index (χ4v) is 11.8. The Hall–Kier alpha value is -6.67. The first-order chi connectivity index (χ1) is 27.8. The van der Waals surface area contributed by atoms with E-state index in [1.54, 1.807) is 0 Å². The molecule has 13 rings (SSSR count). The van der Waals surface area contributed by atoms with Crippen LogP contribution >= 0.6 is 11.8 Å². The Morgan fingerprint density at radius 3 is 1.68 bits per heavy atom. The highest BCUT2D eigenvalue weighted by Gasteiger charge is 2.52. The Labute approximate surface area is 329 Å². The molecular formula is C55H32S. The van der Waals surface area contributed by atoms with Crippen LogP contribution in [0.25, 0.3) is 88.0 Å². The Morgan fingerprint density at radius 2 is 0.875 bits per heavy atom. The average molecular weight is 725 g/mol. The molecule has 0 amide bonds. The number of hydrogen-bond acceptors (Lipinski definition) is 1. The van der Waals surface area contributed by atoms with Gasteiger partial charge < -0.3 is 0 Å². The molecule has 0 fully saturated rings. The summed E-state index contributed by atoms with van der Waals surface area (Å²) in [6, 6.07) is 73.3. The van der Waals surface area contributed by atoms with Crippen LogP contribution < -0.4 is 0 Å². The summed E-state index contributed by atoms with van der Waals surface area (Å²) in [6.07, 6.45) is 0. The van der Waals surface area contributed by atoms with Gasteiger partial charge in [-0.15, -0.1) is 0 Å². The lowest BCUT2D eigenvalue weighted by atomic mass is 9.70. The zero-order chi connectivity index (χ0) is 36.5. The molecule has 0 saturated carbocycles. The monoisotopic (exact) mass is 724 g/mol. The molecule has 1 unspecified atom stereocenters. The van der Waals surface area contributed by atoms with Gasteiger partial charge in [-0.3, -0.25) is 0 Å². The highest BCUT2D eigenvalue weighted by Crippen LogP contribution is 2.64. The second kappa shape index (κ2) is 11.2. The lowest BCUT2D eigenvalue weighted by Crippen LogP contribution is -2.25. The van der Waals surface area contributed by atoms with Crippen LogP contribution in [0.15, 0.2) is 204 Å². The van der Waals surface area contributed by atoms with E-state index in [0.717, 1.165) is 0 Å². The van der Waals surface area contributed by atoms with Gasteiger partial charge in [0.2, 0.25) is 0 Å². The van der Waals surface area contributed by atoms with Crippen molar-refractivity contribution in [3.8, 4) is 55.6 Å². The quantitative estimate of drug-likeness (QED) is 0.171. The number of hydrogen-bond donors (Lipinski definition) is 0. The minimum atomic E-state index is -0.405. The predicted octanol–water partition coefficient (Wildman–Crippen LogP) is 15.0. The van der Waals surface area contributed by atoms with Gasteiger partial charge in [0.15, 0.2) is 0 Å². The third-order valence-electron chi connectivity index (χ3n) is 12.9. The van der Waals surface area contributed by atoms with Crippen molar-refractivity contribution in [1.82, 2.24) is 0 Å². The molecule has 0 nitrogen and oxygen atoms in total. The molecule has 1 heteroatoms.